The van der Waals surface area contributed by atoms with Crippen molar-refractivity contribution in [1.82, 2.24) is 5.01 Å². The van der Waals surface area contributed by atoms with Crippen LogP contribution in [0.4, 0.5) is 5.69 Å². The van der Waals surface area contributed by atoms with Crippen LogP contribution in [0.3, 0.4) is 0 Å². The third-order valence-electron chi connectivity index (χ3n) is 5.18. The average Bonchev–Trinajstić information content (AvgIpc) is 3.52. The van der Waals surface area contributed by atoms with E-state index in [4.69, 9.17) is 14.2 Å². The molecule has 1 amide bonds. The van der Waals surface area contributed by atoms with E-state index in [1.165, 1.54) is 23.2 Å². The molecule has 0 N–H and O–H groups in total. The minimum Gasteiger partial charge on any atom is -0.493 e. The Morgan fingerprint density at radius 2 is 1.91 bits per heavy atom. The van der Waals surface area contributed by atoms with Gasteiger partial charge in [0.1, 0.15) is 0 Å². The van der Waals surface area contributed by atoms with Gasteiger partial charge in [0, 0.05) is 12.5 Å². The van der Waals surface area contributed by atoms with Crippen LogP contribution in [-0.4, -0.2) is 42.4 Å². The molecule has 3 aromatic rings. The summed E-state index contributed by atoms with van der Waals surface area (Å²) in [6, 6.07) is 14.9. The summed E-state index contributed by atoms with van der Waals surface area (Å²) in [6.07, 6.45) is 0.507. The Bertz CT molecular complexity index is 1190. The van der Waals surface area contributed by atoms with E-state index in [0.29, 0.717) is 17.9 Å². The second-order valence-electron chi connectivity index (χ2n) is 7.11. The third kappa shape index (κ3) is 4.65. The number of benzene rings is 2. The van der Waals surface area contributed by atoms with Gasteiger partial charge in [-0.3, -0.25) is 14.9 Å². The zero-order chi connectivity index (χ0) is 23.4. The summed E-state index contributed by atoms with van der Waals surface area (Å²) in [5.41, 5.74) is 1.40. The van der Waals surface area contributed by atoms with Crippen LogP contribution in [0, 0.1) is 10.1 Å². The molecule has 1 unspecified atom stereocenters. The van der Waals surface area contributed by atoms with Crippen LogP contribution in [0.2, 0.25) is 0 Å². The second-order valence-corrected chi connectivity index (χ2v) is 8.06. The molecule has 4 rings (SSSR count). The highest BCUT2D eigenvalue weighted by atomic mass is 32.1. The van der Waals surface area contributed by atoms with Crippen molar-refractivity contribution < 1.29 is 23.9 Å². The lowest BCUT2D eigenvalue weighted by atomic mass is 10.0. The van der Waals surface area contributed by atoms with Gasteiger partial charge in [0.2, 0.25) is 0 Å². The first-order valence-electron chi connectivity index (χ1n) is 10.0. The number of hydrazone groups is 1. The lowest BCUT2D eigenvalue weighted by Gasteiger charge is -2.23. The van der Waals surface area contributed by atoms with Gasteiger partial charge in [0.15, 0.2) is 23.9 Å². The zero-order valence-electron chi connectivity index (χ0n) is 18.0. The summed E-state index contributed by atoms with van der Waals surface area (Å²) in [5, 5.41) is 19.1. The van der Waals surface area contributed by atoms with Gasteiger partial charge < -0.3 is 14.2 Å². The summed E-state index contributed by atoms with van der Waals surface area (Å²) in [5.74, 6) is 0.735. The van der Waals surface area contributed by atoms with E-state index < -0.39 is 17.4 Å². The predicted octanol–water partition coefficient (Wildman–Crippen LogP) is 4.43. The SMILES string of the molecule is COc1ccc(C2CC(c3cccs3)=NN2C(=O)COc2ccccc2[N+](=O)[O-])cc1OC. The lowest BCUT2D eigenvalue weighted by Crippen LogP contribution is -2.31. The molecule has 10 heteroatoms. The summed E-state index contributed by atoms with van der Waals surface area (Å²) < 4.78 is 16.3. The Morgan fingerprint density at radius 3 is 2.61 bits per heavy atom. The van der Waals surface area contributed by atoms with Crippen molar-refractivity contribution in [3.8, 4) is 17.2 Å². The number of ether oxygens (including phenoxy) is 3. The fourth-order valence-corrected chi connectivity index (χ4v) is 4.31. The number of nitro groups is 1. The van der Waals surface area contributed by atoms with Gasteiger partial charge in [-0.15, -0.1) is 11.3 Å². The number of hydrogen-bond acceptors (Lipinski definition) is 8. The van der Waals surface area contributed by atoms with E-state index in [2.05, 4.69) is 5.10 Å². The molecule has 2 heterocycles. The van der Waals surface area contributed by atoms with E-state index in [0.717, 1.165) is 16.2 Å². The summed E-state index contributed by atoms with van der Waals surface area (Å²) in [4.78, 5) is 24.8. The van der Waals surface area contributed by atoms with Gasteiger partial charge in [0.05, 0.1) is 35.8 Å². The first-order valence-corrected chi connectivity index (χ1v) is 10.9. The zero-order valence-corrected chi connectivity index (χ0v) is 18.8. The standard InChI is InChI=1S/C23H21N3O6S/c1-30-20-10-9-15(12-21(20)31-2)18-13-16(22-8-5-11-33-22)24-25(18)23(27)14-32-19-7-4-3-6-17(19)26(28)29/h3-12,18H,13-14H2,1-2H3. The fourth-order valence-electron chi connectivity index (χ4n) is 3.59. The number of methoxy groups -OCH3 is 2. The van der Waals surface area contributed by atoms with E-state index >= 15 is 0 Å². The number of thiophene rings is 1. The third-order valence-corrected chi connectivity index (χ3v) is 6.10. The highest BCUT2D eigenvalue weighted by Gasteiger charge is 2.34. The largest absolute Gasteiger partial charge is 0.493 e. The van der Waals surface area contributed by atoms with Gasteiger partial charge in [-0.25, -0.2) is 5.01 Å². The Labute approximate surface area is 194 Å². The van der Waals surface area contributed by atoms with Crippen LogP contribution in [0.1, 0.15) is 22.9 Å². The number of hydrogen-bond donors (Lipinski definition) is 0. The van der Waals surface area contributed by atoms with Gasteiger partial charge in [0.25, 0.3) is 5.91 Å². The van der Waals surface area contributed by atoms with E-state index in [9.17, 15) is 14.9 Å². The molecule has 1 aromatic heterocycles. The van der Waals surface area contributed by atoms with Crippen LogP contribution in [0.15, 0.2) is 65.1 Å². The van der Waals surface area contributed by atoms with E-state index in [1.807, 2.05) is 29.6 Å². The Morgan fingerprint density at radius 1 is 1.12 bits per heavy atom. The molecule has 0 fully saturated rings. The van der Waals surface area contributed by atoms with Gasteiger partial charge in [-0.2, -0.15) is 5.10 Å². The quantitative estimate of drug-likeness (QED) is 0.359. The number of amides is 1. The highest BCUT2D eigenvalue weighted by Crippen LogP contribution is 2.38. The number of rotatable bonds is 8. The van der Waals surface area contributed by atoms with E-state index in [-0.39, 0.29) is 17.5 Å². The van der Waals surface area contributed by atoms with Crippen molar-refractivity contribution in [1.29, 1.82) is 0 Å². The summed E-state index contributed by atoms with van der Waals surface area (Å²) in [6.45, 7) is -0.393. The van der Waals surface area contributed by atoms with Gasteiger partial charge in [-0.05, 0) is 35.2 Å². The topological polar surface area (TPSA) is 104 Å². The normalized spacial score (nSPS) is 15.2. The fraction of sp³-hybridized carbons (Fsp3) is 0.217. The minimum absolute atomic E-state index is 0.0279. The smallest absolute Gasteiger partial charge is 0.310 e. The Balaban J connectivity index is 1.61. The molecule has 1 aliphatic heterocycles. The first-order chi connectivity index (χ1) is 16.0. The molecule has 1 atom stereocenters. The molecule has 0 saturated heterocycles. The maximum absolute atomic E-state index is 13.1. The van der Waals surface area contributed by atoms with Crippen molar-refractivity contribution in [2.24, 2.45) is 5.10 Å². The number of carbonyl (C=O) groups excluding carboxylic acids is 1. The van der Waals surface area contributed by atoms with Gasteiger partial charge >= 0.3 is 5.69 Å². The van der Waals surface area contributed by atoms with Crippen LogP contribution in [-0.2, 0) is 4.79 Å². The van der Waals surface area contributed by atoms with Crippen molar-refractivity contribution >= 4 is 28.6 Å². The number of nitro benzene ring substituents is 1. The van der Waals surface area contributed by atoms with Crippen molar-refractivity contribution in [2.75, 3.05) is 20.8 Å². The molecule has 1 aliphatic rings. The highest BCUT2D eigenvalue weighted by molar-refractivity contribution is 7.12. The molecule has 2 aromatic carbocycles. The van der Waals surface area contributed by atoms with Crippen molar-refractivity contribution in [3.63, 3.8) is 0 Å². The Hall–Kier alpha value is -3.92. The van der Waals surface area contributed by atoms with Crippen molar-refractivity contribution in [3.05, 3.63) is 80.5 Å². The van der Waals surface area contributed by atoms with Crippen molar-refractivity contribution in [2.45, 2.75) is 12.5 Å². The molecule has 0 saturated carbocycles. The maximum atomic E-state index is 13.1. The molecule has 0 spiro atoms. The molecular weight excluding hydrogens is 446 g/mol. The molecule has 170 valence electrons. The van der Waals surface area contributed by atoms with Gasteiger partial charge in [-0.1, -0.05) is 24.3 Å². The summed E-state index contributed by atoms with van der Waals surface area (Å²) >= 11 is 1.54. The maximum Gasteiger partial charge on any atom is 0.310 e. The second kappa shape index (κ2) is 9.70. The molecule has 33 heavy (non-hydrogen) atoms. The molecule has 0 bridgehead atoms. The Kier molecular flexibility index (Phi) is 6.55. The number of para-hydroxylation sites is 2. The lowest BCUT2D eigenvalue weighted by molar-refractivity contribution is -0.385. The molecular formula is C23H21N3O6S. The van der Waals surface area contributed by atoms with Crippen LogP contribution >= 0.6 is 11.3 Å². The van der Waals surface area contributed by atoms with Crippen LogP contribution in [0.25, 0.3) is 0 Å². The average molecular weight is 468 g/mol. The minimum atomic E-state index is -0.546. The monoisotopic (exact) mass is 467 g/mol. The molecule has 9 nitrogen and oxygen atoms in total. The van der Waals surface area contributed by atoms with E-state index in [1.54, 1.807) is 37.7 Å². The van der Waals surface area contributed by atoms with Crippen LogP contribution in [0.5, 0.6) is 17.2 Å². The predicted molar refractivity (Wildman–Crippen MR) is 123 cm³/mol. The van der Waals surface area contributed by atoms with Crippen LogP contribution < -0.4 is 14.2 Å². The first kappa shape index (κ1) is 22.3. The summed E-state index contributed by atoms with van der Waals surface area (Å²) in [7, 11) is 3.11. The number of nitrogens with zero attached hydrogens (tertiary/aromatic N) is 3. The molecule has 0 aliphatic carbocycles. The molecule has 0 radical (unpaired) electrons. The number of carbonyl (C=O) groups is 1.